The van der Waals surface area contributed by atoms with Crippen molar-refractivity contribution in [3.05, 3.63) is 53.6 Å². The number of aryl methyl sites for hydroxylation is 1. The van der Waals surface area contributed by atoms with Gasteiger partial charge in [-0.3, -0.25) is 4.79 Å². The zero-order chi connectivity index (χ0) is 26.4. The van der Waals surface area contributed by atoms with Crippen LogP contribution in [-0.4, -0.2) is 70.5 Å². The van der Waals surface area contributed by atoms with Crippen LogP contribution in [0, 0.1) is 0 Å². The Labute approximate surface area is 219 Å². The summed E-state index contributed by atoms with van der Waals surface area (Å²) >= 11 is 0. The second-order valence-corrected chi connectivity index (χ2v) is 9.45. The SMILES string of the molecule is COc1ccccc1CCC(=O)N(Cc1cc2c(OC)ccc(OC)c2nc1N(C)C)C[C@H]1CCCO1. The van der Waals surface area contributed by atoms with E-state index in [2.05, 4.69) is 6.07 Å². The number of carbonyl (C=O) groups excluding carboxylic acids is 1. The van der Waals surface area contributed by atoms with Crippen molar-refractivity contribution in [2.24, 2.45) is 0 Å². The minimum atomic E-state index is 0.0427. The molecule has 1 aromatic heterocycles. The third kappa shape index (κ3) is 6.07. The standard InChI is InChI=1S/C29H37N3O5/c1-31(2)29-21(17-23-25(35-4)13-14-26(36-5)28(23)30-29)18-32(19-22-10-8-16-37-22)27(33)15-12-20-9-6-7-11-24(20)34-3/h6-7,9,11,13-14,17,22H,8,10,12,15-16,18-19H2,1-5H3/t22-/m1/s1. The number of para-hydroxylation sites is 1. The maximum Gasteiger partial charge on any atom is 0.223 e. The van der Waals surface area contributed by atoms with Gasteiger partial charge in [-0.05, 0) is 49.1 Å². The van der Waals surface area contributed by atoms with Gasteiger partial charge in [0.25, 0.3) is 0 Å². The first-order valence-electron chi connectivity index (χ1n) is 12.7. The number of pyridine rings is 1. The van der Waals surface area contributed by atoms with Crippen molar-refractivity contribution in [2.45, 2.75) is 38.3 Å². The number of aromatic nitrogens is 1. The van der Waals surface area contributed by atoms with E-state index in [9.17, 15) is 4.79 Å². The predicted octanol–water partition coefficient (Wildman–Crippen LogP) is 4.47. The second-order valence-electron chi connectivity index (χ2n) is 9.45. The topological polar surface area (TPSA) is 73.4 Å². The molecule has 2 heterocycles. The van der Waals surface area contributed by atoms with Gasteiger partial charge in [0.15, 0.2) is 0 Å². The van der Waals surface area contributed by atoms with Crippen molar-refractivity contribution in [3.63, 3.8) is 0 Å². The number of rotatable bonds is 11. The van der Waals surface area contributed by atoms with Crippen LogP contribution in [0.25, 0.3) is 10.9 Å². The van der Waals surface area contributed by atoms with Crippen LogP contribution in [0.2, 0.25) is 0 Å². The van der Waals surface area contributed by atoms with E-state index in [4.69, 9.17) is 23.9 Å². The van der Waals surface area contributed by atoms with E-state index >= 15 is 0 Å². The number of hydrogen-bond donors (Lipinski definition) is 0. The summed E-state index contributed by atoms with van der Waals surface area (Å²) in [6, 6.07) is 13.6. The maximum absolute atomic E-state index is 13.6. The molecule has 0 N–H and O–H groups in total. The fourth-order valence-corrected chi connectivity index (χ4v) is 4.89. The number of nitrogens with zero attached hydrogens (tertiary/aromatic N) is 3. The summed E-state index contributed by atoms with van der Waals surface area (Å²) in [6.07, 6.45) is 3.00. The molecule has 1 atom stereocenters. The highest BCUT2D eigenvalue weighted by Gasteiger charge is 2.25. The van der Waals surface area contributed by atoms with Crippen LogP contribution in [0.4, 0.5) is 5.82 Å². The Morgan fingerprint density at radius 1 is 1.00 bits per heavy atom. The van der Waals surface area contributed by atoms with Gasteiger partial charge in [0.1, 0.15) is 28.6 Å². The summed E-state index contributed by atoms with van der Waals surface area (Å²) in [5.74, 6) is 3.05. The quantitative estimate of drug-likeness (QED) is 0.379. The fraction of sp³-hybridized carbons (Fsp3) is 0.448. The van der Waals surface area contributed by atoms with Gasteiger partial charge in [-0.1, -0.05) is 18.2 Å². The number of ether oxygens (including phenoxy) is 4. The van der Waals surface area contributed by atoms with Crippen LogP contribution in [0.15, 0.2) is 42.5 Å². The summed E-state index contributed by atoms with van der Waals surface area (Å²) in [5, 5.41) is 0.848. The Kier molecular flexibility index (Phi) is 8.71. The average molecular weight is 508 g/mol. The van der Waals surface area contributed by atoms with E-state index in [1.807, 2.05) is 60.3 Å². The lowest BCUT2D eigenvalue weighted by Gasteiger charge is -2.28. The molecule has 2 aromatic carbocycles. The summed E-state index contributed by atoms with van der Waals surface area (Å²) in [7, 11) is 8.85. The molecule has 0 spiro atoms. The third-order valence-corrected chi connectivity index (χ3v) is 6.79. The molecule has 37 heavy (non-hydrogen) atoms. The number of amides is 1. The number of carbonyl (C=O) groups is 1. The molecule has 1 amide bonds. The minimum Gasteiger partial charge on any atom is -0.496 e. The van der Waals surface area contributed by atoms with E-state index < -0.39 is 0 Å². The Morgan fingerprint density at radius 3 is 2.41 bits per heavy atom. The second kappa shape index (κ2) is 12.1. The molecule has 1 aliphatic heterocycles. The van der Waals surface area contributed by atoms with Crippen molar-refractivity contribution in [2.75, 3.05) is 53.5 Å². The van der Waals surface area contributed by atoms with Crippen LogP contribution < -0.4 is 19.1 Å². The van der Waals surface area contributed by atoms with E-state index in [-0.39, 0.29) is 12.0 Å². The number of methoxy groups -OCH3 is 3. The molecule has 0 radical (unpaired) electrons. The van der Waals surface area contributed by atoms with Gasteiger partial charge in [-0.25, -0.2) is 4.98 Å². The predicted molar refractivity (Wildman–Crippen MR) is 145 cm³/mol. The maximum atomic E-state index is 13.6. The number of benzene rings is 2. The molecule has 0 aliphatic carbocycles. The highest BCUT2D eigenvalue weighted by Crippen LogP contribution is 2.35. The van der Waals surface area contributed by atoms with Crippen molar-refractivity contribution in [1.82, 2.24) is 9.88 Å². The van der Waals surface area contributed by atoms with Gasteiger partial charge < -0.3 is 28.7 Å². The molecule has 0 saturated carbocycles. The molecule has 1 fully saturated rings. The zero-order valence-electron chi connectivity index (χ0n) is 22.5. The van der Waals surface area contributed by atoms with Crippen LogP contribution in [-0.2, 0) is 22.5 Å². The molecule has 8 heteroatoms. The molecule has 8 nitrogen and oxygen atoms in total. The van der Waals surface area contributed by atoms with E-state index in [1.54, 1.807) is 21.3 Å². The first-order valence-corrected chi connectivity index (χ1v) is 12.7. The van der Waals surface area contributed by atoms with E-state index in [1.165, 1.54) is 0 Å². The number of anilines is 1. The van der Waals surface area contributed by atoms with Crippen molar-refractivity contribution in [1.29, 1.82) is 0 Å². The number of fused-ring (bicyclic) bond motifs is 1. The molecule has 0 bridgehead atoms. The smallest absolute Gasteiger partial charge is 0.223 e. The highest BCUT2D eigenvalue weighted by molar-refractivity contribution is 5.92. The minimum absolute atomic E-state index is 0.0427. The van der Waals surface area contributed by atoms with E-state index in [0.29, 0.717) is 37.4 Å². The lowest BCUT2D eigenvalue weighted by molar-refractivity contribution is -0.133. The van der Waals surface area contributed by atoms with Crippen molar-refractivity contribution >= 4 is 22.6 Å². The number of hydrogen-bond acceptors (Lipinski definition) is 7. The summed E-state index contributed by atoms with van der Waals surface area (Å²) in [6.45, 7) is 1.71. The van der Waals surface area contributed by atoms with Crippen LogP contribution in [0.1, 0.15) is 30.4 Å². The van der Waals surface area contributed by atoms with Crippen molar-refractivity contribution < 1.29 is 23.7 Å². The molecular formula is C29H37N3O5. The molecular weight excluding hydrogens is 470 g/mol. The normalized spacial score (nSPS) is 15.0. The van der Waals surface area contributed by atoms with Crippen molar-refractivity contribution in [3.8, 4) is 17.2 Å². The molecule has 1 saturated heterocycles. The van der Waals surface area contributed by atoms with Gasteiger partial charge in [0.2, 0.25) is 5.91 Å². The first kappa shape index (κ1) is 26.5. The van der Waals surface area contributed by atoms with Crippen LogP contribution in [0.5, 0.6) is 17.2 Å². The Bertz CT molecular complexity index is 1220. The lowest BCUT2D eigenvalue weighted by Crippen LogP contribution is -2.37. The molecule has 4 rings (SSSR count). The van der Waals surface area contributed by atoms with Gasteiger partial charge in [-0.2, -0.15) is 0 Å². The summed E-state index contributed by atoms with van der Waals surface area (Å²) < 4.78 is 22.6. The molecule has 3 aromatic rings. The molecule has 198 valence electrons. The van der Waals surface area contributed by atoms with E-state index in [0.717, 1.165) is 53.0 Å². The Balaban J connectivity index is 1.66. The summed E-state index contributed by atoms with van der Waals surface area (Å²) in [4.78, 5) is 22.5. The zero-order valence-corrected chi connectivity index (χ0v) is 22.5. The lowest BCUT2D eigenvalue weighted by atomic mass is 10.1. The van der Waals surface area contributed by atoms with Gasteiger partial charge in [-0.15, -0.1) is 0 Å². The average Bonchev–Trinajstić information content (AvgIpc) is 3.43. The molecule has 1 aliphatic rings. The van der Waals surface area contributed by atoms with Gasteiger partial charge >= 0.3 is 0 Å². The first-order chi connectivity index (χ1) is 17.9. The Hall–Kier alpha value is -3.52. The summed E-state index contributed by atoms with van der Waals surface area (Å²) in [5.41, 5.74) is 2.68. The Morgan fingerprint density at radius 2 is 1.73 bits per heavy atom. The largest absolute Gasteiger partial charge is 0.496 e. The van der Waals surface area contributed by atoms with Crippen LogP contribution >= 0.6 is 0 Å². The monoisotopic (exact) mass is 507 g/mol. The van der Waals surface area contributed by atoms with Gasteiger partial charge in [0.05, 0.1) is 27.4 Å². The molecule has 0 unspecified atom stereocenters. The highest BCUT2D eigenvalue weighted by atomic mass is 16.5. The fourth-order valence-electron chi connectivity index (χ4n) is 4.89. The van der Waals surface area contributed by atoms with Gasteiger partial charge in [0, 0.05) is 51.2 Å². The van der Waals surface area contributed by atoms with Crippen LogP contribution in [0.3, 0.4) is 0 Å². The third-order valence-electron chi connectivity index (χ3n) is 6.79.